The molecule has 0 aromatic carbocycles. The van der Waals surface area contributed by atoms with Crippen LogP contribution < -0.4 is 0 Å². The van der Waals surface area contributed by atoms with E-state index in [0.717, 1.165) is 19.5 Å². The van der Waals surface area contributed by atoms with Crippen LogP contribution in [0.2, 0.25) is 0 Å². The summed E-state index contributed by atoms with van der Waals surface area (Å²) in [6, 6.07) is 0. The number of nitrogens with zero attached hydrogens (tertiary/aromatic N) is 1. The van der Waals surface area contributed by atoms with E-state index in [9.17, 15) is 0 Å². The Bertz CT molecular complexity index is 125. The van der Waals surface area contributed by atoms with Gasteiger partial charge in [0, 0.05) is 13.1 Å². The van der Waals surface area contributed by atoms with Crippen LogP contribution in [-0.2, 0) is 0 Å². The molecule has 0 aromatic rings. The molecule has 0 unspecified atom stereocenters. The minimum atomic E-state index is 0.984. The molecule has 9 heavy (non-hydrogen) atoms. The second-order valence-electron chi connectivity index (χ2n) is 2.12. The summed E-state index contributed by atoms with van der Waals surface area (Å²) in [5, 5.41) is 0. The Labute approximate surface area is 56.7 Å². The second kappa shape index (κ2) is 3.33. The third-order valence-electron chi connectivity index (χ3n) is 1.33. The summed E-state index contributed by atoms with van der Waals surface area (Å²) in [6.45, 7) is 5.90. The maximum absolute atomic E-state index is 3.78. The van der Waals surface area contributed by atoms with Crippen LogP contribution in [0.25, 0.3) is 0 Å². The normalized spacial score (nSPS) is 16.8. The summed E-state index contributed by atoms with van der Waals surface area (Å²) in [5.74, 6) is 0. The van der Waals surface area contributed by atoms with Gasteiger partial charge < -0.3 is 4.90 Å². The first-order valence-corrected chi connectivity index (χ1v) is 3.30. The molecule has 0 aliphatic carbocycles. The third-order valence-corrected chi connectivity index (χ3v) is 1.33. The lowest BCUT2D eigenvalue weighted by Crippen LogP contribution is -2.19. The maximum Gasteiger partial charge on any atom is 0.0357 e. The number of hydrogen-bond acceptors (Lipinski definition) is 1. The molecular formula is C8H12N. The zero-order chi connectivity index (χ0) is 6.53. The molecule has 0 bridgehead atoms. The summed E-state index contributed by atoms with van der Waals surface area (Å²) in [4.78, 5) is 2.24. The molecule has 0 saturated heterocycles. The van der Waals surface area contributed by atoms with Crippen molar-refractivity contribution in [3.63, 3.8) is 0 Å². The van der Waals surface area contributed by atoms with Crippen LogP contribution in [0.3, 0.4) is 0 Å². The van der Waals surface area contributed by atoms with E-state index in [1.54, 1.807) is 0 Å². The van der Waals surface area contributed by atoms with Gasteiger partial charge in [-0.05, 0) is 18.7 Å². The van der Waals surface area contributed by atoms with Crippen LogP contribution in [-0.4, -0.2) is 18.0 Å². The molecule has 0 amide bonds. The molecule has 1 heterocycles. The van der Waals surface area contributed by atoms with Crippen LogP contribution >= 0.6 is 0 Å². The fourth-order valence-electron chi connectivity index (χ4n) is 0.876. The summed E-state index contributed by atoms with van der Waals surface area (Å²) in [5.41, 5.74) is 0. The van der Waals surface area contributed by atoms with Crippen molar-refractivity contribution in [2.24, 2.45) is 0 Å². The molecule has 1 radical (unpaired) electrons. The van der Waals surface area contributed by atoms with E-state index in [-0.39, 0.29) is 0 Å². The van der Waals surface area contributed by atoms with Crippen LogP contribution in [0.5, 0.6) is 0 Å². The number of rotatable bonds is 2. The molecule has 0 N–H and O–H groups in total. The van der Waals surface area contributed by atoms with E-state index in [1.165, 1.54) is 0 Å². The second-order valence-corrected chi connectivity index (χ2v) is 2.12. The highest BCUT2D eigenvalue weighted by atomic mass is 15.1. The summed E-state index contributed by atoms with van der Waals surface area (Å²) in [7, 11) is 0. The molecule has 1 rings (SSSR count). The van der Waals surface area contributed by atoms with Crippen LogP contribution in [0.15, 0.2) is 24.4 Å². The molecule has 1 aliphatic heterocycles. The lowest BCUT2D eigenvalue weighted by molar-refractivity contribution is 0.419. The van der Waals surface area contributed by atoms with E-state index in [1.807, 2.05) is 0 Å². The number of hydrogen-bond donors (Lipinski definition) is 0. The average Bonchev–Trinajstić information content (AvgIpc) is 1.91. The van der Waals surface area contributed by atoms with Gasteiger partial charge in [0.15, 0.2) is 0 Å². The van der Waals surface area contributed by atoms with Gasteiger partial charge in [-0.3, -0.25) is 0 Å². The number of allylic oxidation sites excluding steroid dienone is 2. The topological polar surface area (TPSA) is 3.24 Å². The molecule has 0 aromatic heterocycles. The zero-order valence-electron chi connectivity index (χ0n) is 5.59. The highest BCUT2D eigenvalue weighted by Crippen LogP contribution is 1.97. The van der Waals surface area contributed by atoms with Gasteiger partial charge in [0.1, 0.15) is 0 Å². The van der Waals surface area contributed by atoms with Crippen molar-refractivity contribution in [3.05, 3.63) is 31.4 Å². The molecule has 1 heteroatoms. The fourth-order valence-corrected chi connectivity index (χ4v) is 0.876. The van der Waals surface area contributed by atoms with Crippen molar-refractivity contribution in [2.45, 2.75) is 6.42 Å². The van der Waals surface area contributed by atoms with Gasteiger partial charge >= 0.3 is 0 Å². The van der Waals surface area contributed by atoms with Crippen molar-refractivity contribution >= 4 is 0 Å². The smallest absolute Gasteiger partial charge is 0.0357 e. The maximum atomic E-state index is 3.78. The Morgan fingerprint density at radius 2 is 2.33 bits per heavy atom. The summed E-state index contributed by atoms with van der Waals surface area (Å²) >= 11 is 0. The van der Waals surface area contributed by atoms with Crippen molar-refractivity contribution in [3.8, 4) is 0 Å². The Morgan fingerprint density at radius 3 is 2.89 bits per heavy atom. The SMILES string of the molecule is [CH2]CCN1C=CC=CC1. The van der Waals surface area contributed by atoms with E-state index in [2.05, 4.69) is 36.3 Å². The lowest BCUT2D eigenvalue weighted by atomic mass is 10.3. The minimum absolute atomic E-state index is 0.984. The quantitative estimate of drug-likeness (QED) is 0.537. The van der Waals surface area contributed by atoms with Gasteiger partial charge in [-0.25, -0.2) is 0 Å². The lowest BCUT2D eigenvalue weighted by Gasteiger charge is -2.18. The standard InChI is InChI=1S/C8H12N/c1-2-6-9-7-4-3-5-8-9/h3-5,7H,1-2,6,8H2. The molecule has 0 atom stereocenters. The minimum Gasteiger partial charge on any atom is -0.374 e. The summed E-state index contributed by atoms with van der Waals surface area (Å²) < 4.78 is 0. The van der Waals surface area contributed by atoms with Crippen LogP contribution in [0.1, 0.15) is 6.42 Å². The van der Waals surface area contributed by atoms with Crippen LogP contribution in [0.4, 0.5) is 0 Å². The van der Waals surface area contributed by atoms with E-state index in [0.29, 0.717) is 0 Å². The highest BCUT2D eigenvalue weighted by Gasteiger charge is 1.94. The largest absolute Gasteiger partial charge is 0.374 e. The Kier molecular flexibility index (Phi) is 2.37. The van der Waals surface area contributed by atoms with Crippen molar-refractivity contribution in [2.75, 3.05) is 13.1 Å². The van der Waals surface area contributed by atoms with Crippen molar-refractivity contribution in [1.82, 2.24) is 4.90 Å². The molecule has 0 saturated carbocycles. The first-order chi connectivity index (χ1) is 4.43. The molecule has 0 spiro atoms. The third kappa shape index (κ3) is 1.92. The fraction of sp³-hybridized carbons (Fsp3) is 0.375. The molecule has 49 valence electrons. The Balaban J connectivity index is 2.28. The zero-order valence-corrected chi connectivity index (χ0v) is 5.59. The van der Waals surface area contributed by atoms with Gasteiger partial charge in [-0.15, -0.1) is 0 Å². The van der Waals surface area contributed by atoms with Gasteiger partial charge in [0.2, 0.25) is 0 Å². The monoisotopic (exact) mass is 122 g/mol. The first kappa shape index (κ1) is 6.40. The van der Waals surface area contributed by atoms with Gasteiger partial charge in [0.05, 0.1) is 0 Å². The first-order valence-electron chi connectivity index (χ1n) is 3.30. The van der Waals surface area contributed by atoms with E-state index >= 15 is 0 Å². The van der Waals surface area contributed by atoms with Crippen molar-refractivity contribution < 1.29 is 0 Å². The molecule has 1 nitrogen and oxygen atoms in total. The Hall–Kier alpha value is -0.720. The van der Waals surface area contributed by atoms with Gasteiger partial charge in [-0.2, -0.15) is 0 Å². The van der Waals surface area contributed by atoms with Gasteiger partial charge in [-0.1, -0.05) is 19.1 Å². The molecule has 1 aliphatic rings. The highest BCUT2D eigenvalue weighted by molar-refractivity contribution is 5.08. The van der Waals surface area contributed by atoms with Gasteiger partial charge in [0.25, 0.3) is 0 Å². The van der Waals surface area contributed by atoms with Crippen molar-refractivity contribution in [1.29, 1.82) is 0 Å². The molecular weight excluding hydrogens is 110 g/mol. The molecule has 0 fully saturated rings. The predicted octanol–water partition coefficient (Wildman–Crippen LogP) is 1.60. The predicted molar refractivity (Wildman–Crippen MR) is 39.8 cm³/mol. The Morgan fingerprint density at radius 1 is 1.44 bits per heavy atom. The van der Waals surface area contributed by atoms with E-state index in [4.69, 9.17) is 0 Å². The average molecular weight is 122 g/mol. The summed E-state index contributed by atoms with van der Waals surface area (Å²) in [6.07, 6.45) is 9.36. The van der Waals surface area contributed by atoms with E-state index < -0.39 is 0 Å². The van der Waals surface area contributed by atoms with Crippen LogP contribution in [0, 0.1) is 6.92 Å².